The number of thioether (sulfide) groups is 1. The van der Waals surface area contributed by atoms with Crippen LogP contribution in [0.25, 0.3) is 0 Å². The van der Waals surface area contributed by atoms with Crippen molar-refractivity contribution in [3.05, 3.63) is 35.4 Å². The van der Waals surface area contributed by atoms with E-state index in [-0.39, 0.29) is 17.9 Å². The highest BCUT2D eigenvalue weighted by molar-refractivity contribution is 7.99. The fourth-order valence-electron chi connectivity index (χ4n) is 2.04. The van der Waals surface area contributed by atoms with Gasteiger partial charge in [-0.15, -0.1) is 11.8 Å². The minimum absolute atomic E-state index is 0.161. The molecule has 0 heterocycles. The van der Waals surface area contributed by atoms with E-state index in [1.807, 2.05) is 0 Å². The van der Waals surface area contributed by atoms with Crippen molar-refractivity contribution in [2.45, 2.75) is 36.8 Å². The molecule has 0 amide bonds. The molecule has 2 atom stereocenters. The molecule has 17 heavy (non-hydrogen) atoms. The largest absolute Gasteiger partial charge is 0.395 e. The highest BCUT2D eigenvalue weighted by Crippen LogP contribution is 2.36. The summed E-state index contributed by atoms with van der Waals surface area (Å²) in [5.74, 6) is 1.59. The Morgan fingerprint density at radius 1 is 1.41 bits per heavy atom. The highest BCUT2D eigenvalue weighted by Gasteiger charge is 2.33. The SMILES string of the molecule is Cc1ccccc1CSC(CO)C(N)C1CC1. The molecule has 1 aromatic rings. The first-order chi connectivity index (χ1) is 8.22. The molecule has 0 radical (unpaired) electrons. The second kappa shape index (κ2) is 5.89. The van der Waals surface area contributed by atoms with Crippen LogP contribution in [-0.4, -0.2) is 23.0 Å². The summed E-state index contributed by atoms with van der Waals surface area (Å²) in [6.07, 6.45) is 2.48. The number of aryl methyl sites for hydroxylation is 1. The average molecular weight is 251 g/mol. The van der Waals surface area contributed by atoms with Gasteiger partial charge < -0.3 is 10.8 Å². The molecule has 3 heteroatoms. The van der Waals surface area contributed by atoms with E-state index < -0.39 is 0 Å². The van der Waals surface area contributed by atoms with Gasteiger partial charge in [0.2, 0.25) is 0 Å². The molecule has 2 rings (SSSR count). The first-order valence-corrected chi connectivity index (χ1v) is 7.30. The fourth-order valence-corrected chi connectivity index (χ4v) is 3.31. The van der Waals surface area contributed by atoms with E-state index >= 15 is 0 Å². The number of aliphatic hydroxyl groups is 1. The van der Waals surface area contributed by atoms with E-state index in [4.69, 9.17) is 5.73 Å². The predicted molar refractivity (Wildman–Crippen MR) is 74.0 cm³/mol. The van der Waals surface area contributed by atoms with Crippen LogP contribution in [0.2, 0.25) is 0 Å². The van der Waals surface area contributed by atoms with Crippen molar-refractivity contribution in [1.29, 1.82) is 0 Å². The summed E-state index contributed by atoms with van der Waals surface area (Å²) in [4.78, 5) is 0. The van der Waals surface area contributed by atoms with Crippen LogP contribution in [-0.2, 0) is 5.75 Å². The quantitative estimate of drug-likeness (QED) is 0.815. The zero-order chi connectivity index (χ0) is 12.3. The molecule has 1 aliphatic carbocycles. The highest BCUT2D eigenvalue weighted by atomic mass is 32.2. The summed E-state index contributed by atoms with van der Waals surface area (Å²) in [6, 6.07) is 8.57. The van der Waals surface area contributed by atoms with Gasteiger partial charge in [0.15, 0.2) is 0 Å². The Kier molecular flexibility index (Phi) is 4.48. The Morgan fingerprint density at radius 3 is 2.71 bits per heavy atom. The maximum absolute atomic E-state index is 9.42. The van der Waals surface area contributed by atoms with Gasteiger partial charge in [-0.3, -0.25) is 0 Å². The Labute approximate surface area is 108 Å². The zero-order valence-corrected chi connectivity index (χ0v) is 11.1. The predicted octanol–water partition coefficient (Wildman–Crippen LogP) is 2.33. The van der Waals surface area contributed by atoms with Gasteiger partial charge in [0.25, 0.3) is 0 Å². The second-order valence-corrected chi connectivity index (χ2v) is 6.10. The Balaban J connectivity index is 1.89. The Bertz CT molecular complexity index is 365. The second-order valence-electron chi connectivity index (χ2n) is 4.87. The van der Waals surface area contributed by atoms with Crippen LogP contribution in [0.3, 0.4) is 0 Å². The summed E-state index contributed by atoms with van der Waals surface area (Å²) in [5, 5.41) is 9.60. The number of benzene rings is 1. The molecule has 1 aliphatic rings. The topological polar surface area (TPSA) is 46.2 Å². The Hall–Kier alpha value is -0.510. The van der Waals surface area contributed by atoms with Crippen molar-refractivity contribution in [3.63, 3.8) is 0 Å². The molecular weight excluding hydrogens is 230 g/mol. The van der Waals surface area contributed by atoms with Crippen LogP contribution < -0.4 is 5.73 Å². The number of rotatable bonds is 6. The summed E-state index contributed by atoms with van der Waals surface area (Å²) >= 11 is 1.79. The summed E-state index contributed by atoms with van der Waals surface area (Å²) in [7, 11) is 0. The maximum Gasteiger partial charge on any atom is 0.0565 e. The maximum atomic E-state index is 9.42. The zero-order valence-electron chi connectivity index (χ0n) is 10.3. The number of hydrogen-bond donors (Lipinski definition) is 2. The van der Waals surface area contributed by atoms with Crippen LogP contribution in [0.5, 0.6) is 0 Å². The van der Waals surface area contributed by atoms with E-state index in [0.29, 0.717) is 5.92 Å². The normalized spacial score (nSPS) is 19.0. The molecular formula is C14H21NOS. The van der Waals surface area contributed by atoms with Crippen molar-refractivity contribution >= 4 is 11.8 Å². The van der Waals surface area contributed by atoms with Crippen molar-refractivity contribution in [1.82, 2.24) is 0 Å². The molecule has 0 aliphatic heterocycles. The molecule has 1 fully saturated rings. The lowest BCUT2D eigenvalue weighted by molar-refractivity contribution is 0.277. The van der Waals surface area contributed by atoms with Gasteiger partial charge in [-0.2, -0.15) is 0 Å². The molecule has 2 nitrogen and oxygen atoms in total. The molecule has 1 aromatic carbocycles. The van der Waals surface area contributed by atoms with E-state index in [1.54, 1.807) is 11.8 Å². The molecule has 0 spiro atoms. The number of aliphatic hydroxyl groups excluding tert-OH is 1. The van der Waals surface area contributed by atoms with Gasteiger partial charge >= 0.3 is 0 Å². The lowest BCUT2D eigenvalue weighted by Gasteiger charge is -2.21. The van der Waals surface area contributed by atoms with Gasteiger partial charge in [-0.05, 0) is 36.8 Å². The third kappa shape index (κ3) is 3.47. The van der Waals surface area contributed by atoms with Gasteiger partial charge in [-0.1, -0.05) is 24.3 Å². The van der Waals surface area contributed by atoms with E-state index in [9.17, 15) is 5.11 Å². The molecule has 0 bridgehead atoms. The molecule has 0 saturated heterocycles. The van der Waals surface area contributed by atoms with Gasteiger partial charge in [-0.25, -0.2) is 0 Å². The minimum Gasteiger partial charge on any atom is -0.395 e. The molecule has 94 valence electrons. The van der Waals surface area contributed by atoms with Crippen LogP contribution in [0.4, 0.5) is 0 Å². The van der Waals surface area contributed by atoms with Crippen molar-refractivity contribution in [2.75, 3.05) is 6.61 Å². The molecule has 1 saturated carbocycles. The van der Waals surface area contributed by atoms with Gasteiger partial charge in [0.1, 0.15) is 0 Å². The molecule has 0 aromatic heterocycles. The van der Waals surface area contributed by atoms with E-state index in [2.05, 4.69) is 31.2 Å². The first-order valence-electron chi connectivity index (χ1n) is 6.25. The summed E-state index contributed by atoms with van der Waals surface area (Å²) in [6.45, 7) is 2.32. The fraction of sp³-hybridized carbons (Fsp3) is 0.571. The van der Waals surface area contributed by atoms with Gasteiger partial charge in [0, 0.05) is 17.0 Å². The van der Waals surface area contributed by atoms with Crippen LogP contribution in [0.1, 0.15) is 24.0 Å². The van der Waals surface area contributed by atoms with E-state index in [1.165, 1.54) is 24.0 Å². The molecule has 2 unspecified atom stereocenters. The lowest BCUT2D eigenvalue weighted by atomic mass is 10.1. The van der Waals surface area contributed by atoms with Crippen molar-refractivity contribution in [2.24, 2.45) is 11.7 Å². The minimum atomic E-state index is 0.161. The molecule has 3 N–H and O–H groups in total. The van der Waals surface area contributed by atoms with Crippen molar-refractivity contribution < 1.29 is 5.11 Å². The standard InChI is InChI=1S/C14H21NOS/c1-10-4-2-3-5-12(10)9-17-13(8-16)14(15)11-6-7-11/h2-5,11,13-14,16H,6-9,15H2,1H3. The Morgan fingerprint density at radius 2 is 2.12 bits per heavy atom. The number of nitrogens with two attached hydrogens (primary N) is 1. The third-order valence-electron chi connectivity index (χ3n) is 3.49. The first kappa shape index (κ1) is 12.9. The van der Waals surface area contributed by atoms with Gasteiger partial charge in [0.05, 0.1) is 6.61 Å². The van der Waals surface area contributed by atoms with Crippen molar-refractivity contribution in [3.8, 4) is 0 Å². The summed E-state index contributed by atoms with van der Waals surface area (Å²) < 4.78 is 0. The smallest absolute Gasteiger partial charge is 0.0565 e. The van der Waals surface area contributed by atoms with Crippen LogP contribution in [0.15, 0.2) is 24.3 Å². The summed E-state index contributed by atoms with van der Waals surface area (Å²) in [5.41, 5.74) is 8.82. The monoisotopic (exact) mass is 251 g/mol. The lowest BCUT2D eigenvalue weighted by Crippen LogP contribution is -2.37. The average Bonchev–Trinajstić information content (AvgIpc) is 3.15. The third-order valence-corrected chi connectivity index (χ3v) is 4.86. The van der Waals surface area contributed by atoms with Crippen LogP contribution >= 0.6 is 11.8 Å². The number of hydrogen-bond acceptors (Lipinski definition) is 3. The van der Waals surface area contributed by atoms with E-state index in [0.717, 1.165) is 5.75 Å². The van der Waals surface area contributed by atoms with Crippen LogP contribution in [0, 0.1) is 12.8 Å².